The second kappa shape index (κ2) is 6.24. The smallest absolute Gasteiger partial charge is 0.242 e. The van der Waals surface area contributed by atoms with E-state index in [9.17, 15) is 9.18 Å². The van der Waals surface area contributed by atoms with Gasteiger partial charge in [0, 0.05) is 5.54 Å². The van der Waals surface area contributed by atoms with Gasteiger partial charge in [-0.15, -0.1) is 0 Å². The van der Waals surface area contributed by atoms with Crippen LogP contribution in [-0.2, 0) is 4.79 Å². The van der Waals surface area contributed by atoms with Crippen molar-refractivity contribution in [2.45, 2.75) is 45.7 Å². The van der Waals surface area contributed by atoms with Gasteiger partial charge in [-0.25, -0.2) is 4.39 Å². The number of hydrogen-bond acceptors (Lipinski definition) is 2. The van der Waals surface area contributed by atoms with Crippen LogP contribution in [0.1, 0.15) is 34.1 Å². The molecule has 19 heavy (non-hydrogen) atoms. The zero-order valence-corrected chi connectivity index (χ0v) is 12.4. The summed E-state index contributed by atoms with van der Waals surface area (Å²) in [5, 5.41) is 6.22. The van der Waals surface area contributed by atoms with Crippen LogP contribution >= 0.6 is 11.6 Å². The Morgan fingerprint density at radius 3 is 2.68 bits per heavy atom. The first-order chi connectivity index (χ1) is 8.75. The summed E-state index contributed by atoms with van der Waals surface area (Å²) in [7, 11) is 0. The van der Waals surface area contributed by atoms with Crippen LogP contribution in [0.5, 0.6) is 0 Å². The van der Waals surface area contributed by atoms with Crippen LogP contribution in [0.2, 0.25) is 5.02 Å². The van der Waals surface area contributed by atoms with Gasteiger partial charge in [-0.2, -0.15) is 0 Å². The average molecular weight is 287 g/mol. The zero-order chi connectivity index (χ0) is 14.6. The Hall–Kier alpha value is -1.29. The van der Waals surface area contributed by atoms with Crippen LogP contribution in [-0.4, -0.2) is 17.5 Å². The van der Waals surface area contributed by atoms with E-state index in [-0.39, 0.29) is 11.4 Å². The number of carbonyl (C=O) groups is 1. The van der Waals surface area contributed by atoms with Gasteiger partial charge in [0.2, 0.25) is 5.91 Å². The third kappa shape index (κ3) is 4.71. The standard InChI is InChI=1S/C14H20ClFN2O/c1-5-14(3,4)18-13(19)9(2)17-12-8-10(16)6-7-11(12)15/h6-9,17H,5H2,1-4H3,(H,18,19). The maximum absolute atomic E-state index is 13.1. The lowest BCUT2D eigenvalue weighted by Crippen LogP contribution is -2.48. The molecule has 0 heterocycles. The topological polar surface area (TPSA) is 41.1 Å². The minimum absolute atomic E-state index is 0.146. The Labute approximate surface area is 118 Å². The molecule has 0 bridgehead atoms. The van der Waals surface area contributed by atoms with E-state index < -0.39 is 11.9 Å². The summed E-state index contributed by atoms with van der Waals surface area (Å²) in [5.74, 6) is -0.541. The predicted octanol–water partition coefficient (Wildman–Crippen LogP) is 3.58. The fraction of sp³-hybridized carbons (Fsp3) is 0.500. The van der Waals surface area contributed by atoms with Gasteiger partial charge in [0.25, 0.3) is 0 Å². The van der Waals surface area contributed by atoms with Crippen molar-refractivity contribution in [2.75, 3.05) is 5.32 Å². The Morgan fingerprint density at radius 1 is 1.47 bits per heavy atom. The molecule has 106 valence electrons. The van der Waals surface area contributed by atoms with Crippen LogP contribution in [0, 0.1) is 5.82 Å². The molecule has 1 atom stereocenters. The molecule has 1 amide bonds. The fourth-order valence-corrected chi connectivity index (χ4v) is 1.61. The van der Waals surface area contributed by atoms with E-state index in [0.29, 0.717) is 10.7 Å². The van der Waals surface area contributed by atoms with Crippen molar-refractivity contribution in [1.29, 1.82) is 0 Å². The van der Waals surface area contributed by atoms with Crippen molar-refractivity contribution in [2.24, 2.45) is 0 Å². The van der Waals surface area contributed by atoms with Crippen LogP contribution in [0.25, 0.3) is 0 Å². The molecule has 1 unspecified atom stereocenters. The predicted molar refractivity (Wildman–Crippen MR) is 77.0 cm³/mol. The number of nitrogens with one attached hydrogen (secondary N) is 2. The Balaban J connectivity index is 2.71. The van der Waals surface area contributed by atoms with E-state index in [4.69, 9.17) is 11.6 Å². The first-order valence-corrected chi connectivity index (χ1v) is 6.66. The van der Waals surface area contributed by atoms with Gasteiger partial charge >= 0.3 is 0 Å². The summed E-state index contributed by atoms with van der Waals surface area (Å²) >= 11 is 5.94. The van der Waals surface area contributed by atoms with Gasteiger partial charge in [0.05, 0.1) is 10.7 Å². The van der Waals surface area contributed by atoms with Crippen LogP contribution in [0.3, 0.4) is 0 Å². The van der Waals surface area contributed by atoms with Crippen molar-refractivity contribution in [1.82, 2.24) is 5.32 Å². The molecule has 0 aromatic heterocycles. The maximum atomic E-state index is 13.1. The highest BCUT2D eigenvalue weighted by atomic mass is 35.5. The van der Waals surface area contributed by atoms with Crippen LogP contribution < -0.4 is 10.6 Å². The van der Waals surface area contributed by atoms with E-state index in [0.717, 1.165) is 6.42 Å². The van der Waals surface area contributed by atoms with Crippen molar-refractivity contribution >= 4 is 23.2 Å². The third-order valence-corrected chi connectivity index (χ3v) is 3.37. The number of benzene rings is 1. The summed E-state index contributed by atoms with van der Waals surface area (Å²) in [6.07, 6.45) is 0.826. The highest BCUT2D eigenvalue weighted by molar-refractivity contribution is 6.33. The Kier molecular flexibility index (Phi) is 5.18. The number of anilines is 1. The lowest BCUT2D eigenvalue weighted by atomic mass is 10.0. The highest BCUT2D eigenvalue weighted by Crippen LogP contribution is 2.23. The minimum atomic E-state index is -0.495. The normalized spacial score (nSPS) is 12.9. The molecule has 1 rings (SSSR count). The highest BCUT2D eigenvalue weighted by Gasteiger charge is 2.22. The molecular weight excluding hydrogens is 267 g/mol. The van der Waals surface area contributed by atoms with Crippen LogP contribution in [0.15, 0.2) is 18.2 Å². The number of amides is 1. The van der Waals surface area contributed by atoms with Gasteiger partial charge in [-0.1, -0.05) is 18.5 Å². The molecule has 3 nitrogen and oxygen atoms in total. The Morgan fingerprint density at radius 2 is 2.11 bits per heavy atom. The number of rotatable bonds is 5. The second-order valence-corrected chi connectivity index (χ2v) is 5.62. The molecule has 0 aliphatic heterocycles. The van der Waals surface area contributed by atoms with E-state index in [1.54, 1.807) is 6.92 Å². The van der Waals surface area contributed by atoms with E-state index in [1.165, 1.54) is 18.2 Å². The SMILES string of the molecule is CCC(C)(C)NC(=O)C(C)Nc1cc(F)ccc1Cl. The zero-order valence-electron chi connectivity index (χ0n) is 11.7. The molecular formula is C14H20ClFN2O. The largest absolute Gasteiger partial charge is 0.373 e. The van der Waals surface area contributed by atoms with Crippen molar-refractivity contribution in [3.63, 3.8) is 0 Å². The van der Waals surface area contributed by atoms with Gasteiger partial charge in [0.15, 0.2) is 0 Å². The van der Waals surface area contributed by atoms with Gasteiger partial charge in [0.1, 0.15) is 11.9 Å². The van der Waals surface area contributed by atoms with E-state index in [1.807, 2.05) is 20.8 Å². The summed E-state index contributed by atoms with van der Waals surface area (Å²) in [5.41, 5.74) is 0.150. The summed E-state index contributed by atoms with van der Waals surface area (Å²) < 4.78 is 13.1. The monoisotopic (exact) mass is 286 g/mol. The first-order valence-electron chi connectivity index (χ1n) is 6.29. The van der Waals surface area contributed by atoms with Crippen LogP contribution in [0.4, 0.5) is 10.1 Å². The molecule has 2 N–H and O–H groups in total. The van der Waals surface area contributed by atoms with Gasteiger partial charge < -0.3 is 10.6 Å². The molecule has 0 aliphatic rings. The molecule has 0 spiro atoms. The van der Waals surface area contributed by atoms with E-state index >= 15 is 0 Å². The molecule has 0 fully saturated rings. The number of halogens is 2. The molecule has 0 radical (unpaired) electrons. The van der Waals surface area contributed by atoms with E-state index in [2.05, 4.69) is 10.6 Å². The maximum Gasteiger partial charge on any atom is 0.242 e. The van der Waals surface area contributed by atoms with Gasteiger partial charge in [-0.3, -0.25) is 4.79 Å². The molecule has 1 aromatic carbocycles. The fourth-order valence-electron chi connectivity index (χ4n) is 1.44. The van der Waals surface area contributed by atoms with Gasteiger partial charge in [-0.05, 0) is 45.4 Å². The van der Waals surface area contributed by atoms with Crippen molar-refractivity contribution in [3.05, 3.63) is 29.0 Å². The van der Waals surface area contributed by atoms with Crippen molar-refractivity contribution in [3.8, 4) is 0 Å². The van der Waals surface area contributed by atoms with Crippen molar-refractivity contribution < 1.29 is 9.18 Å². The molecule has 1 aromatic rings. The quantitative estimate of drug-likeness (QED) is 0.868. The number of carbonyl (C=O) groups excluding carboxylic acids is 1. The summed E-state index contributed by atoms with van der Waals surface area (Å²) in [6.45, 7) is 7.61. The summed E-state index contributed by atoms with van der Waals surface area (Å²) in [4.78, 5) is 12.0. The minimum Gasteiger partial charge on any atom is -0.373 e. The second-order valence-electron chi connectivity index (χ2n) is 5.22. The Bertz CT molecular complexity index is 463. The average Bonchev–Trinajstić information content (AvgIpc) is 2.33. The molecule has 0 saturated heterocycles. The molecule has 5 heteroatoms. The summed E-state index contributed by atoms with van der Waals surface area (Å²) in [6, 6.07) is 3.51. The lowest BCUT2D eigenvalue weighted by Gasteiger charge is -2.27. The number of hydrogen-bond donors (Lipinski definition) is 2. The molecule has 0 aliphatic carbocycles. The third-order valence-electron chi connectivity index (χ3n) is 3.04. The first kappa shape index (κ1) is 15.8. The lowest BCUT2D eigenvalue weighted by molar-refractivity contribution is -0.123. The molecule has 0 saturated carbocycles.